The first-order valence-corrected chi connectivity index (χ1v) is 19.1. The Morgan fingerprint density at radius 3 is 2.27 bits per heavy atom. The van der Waals surface area contributed by atoms with E-state index < -0.39 is 6.29 Å². The number of likely N-dealkylation sites (tertiary alicyclic amines) is 1. The fourth-order valence-corrected chi connectivity index (χ4v) is 9.08. The number of hydrogen-bond donors (Lipinski definition) is 4. The van der Waals surface area contributed by atoms with Gasteiger partial charge in [0, 0.05) is 50.5 Å². The van der Waals surface area contributed by atoms with Crippen LogP contribution in [0.25, 0.3) is 11.1 Å². The average molecular weight is 712 g/mol. The molecule has 5 atom stereocenters. The summed E-state index contributed by atoms with van der Waals surface area (Å²) in [6, 6.07) is 25.4. The lowest BCUT2D eigenvalue weighted by molar-refractivity contribution is -0.253. The van der Waals surface area contributed by atoms with E-state index in [-0.39, 0.29) is 30.6 Å². The Labute approximate surface area is 309 Å². The monoisotopic (exact) mass is 711 g/mol. The number of fused-ring (bicyclic) bond motifs is 2. The molecule has 1 aliphatic carbocycles. The molecule has 52 heavy (non-hydrogen) atoms. The van der Waals surface area contributed by atoms with Crippen molar-refractivity contribution in [1.29, 1.82) is 0 Å². The largest absolute Gasteiger partial charge is 0.392 e. The van der Waals surface area contributed by atoms with E-state index in [1.54, 1.807) is 5.48 Å². The molecule has 2 aliphatic heterocycles. The van der Waals surface area contributed by atoms with Gasteiger partial charge in [0.05, 0.1) is 18.8 Å². The Morgan fingerprint density at radius 1 is 0.827 bits per heavy atom. The molecule has 2 saturated heterocycles. The molecule has 3 aliphatic rings. The lowest BCUT2D eigenvalue weighted by Gasteiger charge is -2.41. The third-order valence-corrected chi connectivity index (χ3v) is 11.2. The number of hydroxylamine groups is 1. The summed E-state index contributed by atoms with van der Waals surface area (Å²) in [5, 5.41) is 21.3. The second-order valence-electron chi connectivity index (χ2n) is 16.5. The van der Waals surface area contributed by atoms with Crippen LogP contribution in [0.1, 0.15) is 120 Å². The number of amides is 2. The number of aliphatic hydroxyl groups excluding tert-OH is 1. The van der Waals surface area contributed by atoms with Gasteiger partial charge in [0.2, 0.25) is 11.8 Å². The van der Waals surface area contributed by atoms with Crippen molar-refractivity contribution >= 4 is 11.8 Å². The van der Waals surface area contributed by atoms with Crippen LogP contribution in [0.5, 0.6) is 0 Å². The van der Waals surface area contributed by atoms with Gasteiger partial charge >= 0.3 is 0 Å². The zero-order chi connectivity index (χ0) is 36.7. The van der Waals surface area contributed by atoms with Crippen LogP contribution in [0.4, 0.5) is 0 Å². The summed E-state index contributed by atoms with van der Waals surface area (Å²) < 4.78 is 13.6. The average Bonchev–Trinajstić information content (AvgIpc) is 3.38. The molecule has 4 N–H and O–H groups in total. The Balaban J connectivity index is 1.11. The molecule has 2 heterocycles. The van der Waals surface area contributed by atoms with Crippen LogP contribution in [0.15, 0.2) is 72.8 Å². The van der Waals surface area contributed by atoms with E-state index in [0.29, 0.717) is 42.7 Å². The number of carbonyl (C=O) groups excluding carboxylic acids is 2. The number of nitrogens with one attached hydrogen (secondary N) is 2. The Bertz CT molecular complexity index is 1660. The van der Waals surface area contributed by atoms with Gasteiger partial charge in [0.25, 0.3) is 0 Å². The van der Waals surface area contributed by atoms with Crippen LogP contribution in [0.3, 0.4) is 0 Å². The van der Waals surface area contributed by atoms with E-state index in [1.807, 2.05) is 24.3 Å². The third-order valence-electron chi connectivity index (χ3n) is 11.2. The number of rotatable bonds is 15. The minimum absolute atomic E-state index is 0.00990. The molecule has 1 saturated carbocycles. The van der Waals surface area contributed by atoms with E-state index in [1.165, 1.54) is 19.3 Å². The number of aliphatic hydroxyl groups is 1. The summed E-state index contributed by atoms with van der Waals surface area (Å²) >= 11 is 0. The number of hydrogen-bond acceptors (Lipinski definition) is 7. The van der Waals surface area contributed by atoms with Crippen molar-refractivity contribution in [3.05, 3.63) is 95.1 Å². The number of ether oxygens (including phenoxy) is 2. The van der Waals surface area contributed by atoms with Gasteiger partial charge in [-0.1, -0.05) is 94.3 Å². The van der Waals surface area contributed by atoms with Crippen LogP contribution in [-0.4, -0.2) is 52.3 Å². The highest BCUT2D eigenvalue weighted by Crippen LogP contribution is 2.53. The lowest BCUT2D eigenvalue weighted by atomic mass is 9.65. The van der Waals surface area contributed by atoms with Crippen LogP contribution in [0.2, 0.25) is 0 Å². The normalized spacial score (nSPS) is 25.5. The predicted molar refractivity (Wildman–Crippen MR) is 201 cm³/mol. The summed E-state index contributed by atoms with van der Waals surface area (Å²) in [4.78, 5) is 26.3. The van der Waals surface area contributed by atoms with Crippen molar-refractivity contribution < 1.29 is 29.4 Å². The summed E-state index contributed by atoms with van der Waals surface area (Å²) in [7, 11) is 0. The summed E-state index contributed by atoms with van der Waals surface area (Å²) in [5.41, 5.74) is 8.46. The highest BCUT2D eigenvalue weighted by Gasteiger charge is 2.50. The smallest absolute Gasteiger partial charge is 0.243 e. The minimum atomic E-state index is -0.524. The van der Waals surface area contributed by atoms with Gasteiger partial charge in [0.15, 0.2) is 6.29 Å². The second-order valence-corrected chi connectivity index (χ2v) is 16.5. The first kappa shape index (κ1) is 38.1. The Hall–Kier alpha value is -3.60. The molecule has 3 fully saturated rings. The molecule has 0 radical (unpaired) electrons. The third kappa shape index (κ3) is 10.1. The SMILES string of the molecule is CC1(C)CC2CC(C)(CN2C[C@H]2C[C@@H](c3ccc(CO)cc3)O[C@@H](c3cccc(-c4cccc(CNC(=O)CCCCCCC(=O)NO)c4)c3)O2)C1. The number of benzene rings is 3. The van der Waals surface area contributed by atoms with Gasteiger partial charge in [-0.05, 0) is 82.9 Å². The van der Waals surface area contributed by atoms with Crippen molar-refractivity contribution in [2.24, 2.45) is 10.8 Å². The highest BCUT2D eigenvalue weighted by molar-refractivity contribution is 5.76. The molecular weight excluding hydrogens is 654 g/mol. The van der Waals surface area contributed by atoms with Gasteiger partial charge in [-0.15, -0.1) is 0 Å². The van der Waals surface area contributed by atoms with Crippen molar-refractivity contribution in [3.63, 3.8) is 0 Å². The predicted octanol–water partition coefficient (Wildman–Crippen LogP) is 7.75. The second kappa shape index (κ2) is 17.0. The van der Waals surface area contributed by atoms with Crippen molar-refractivity contribution in [2.45, 2.75) is 123 Å². The zero-order valence-electron chi connectivity index (χ0n) is 31.1. The van der Waals surface area contributed by atoms with Crippen LogP contribution in [0, 0.1) is 10.8 Å². The molecule has 9 nitrogen and oxygen atoms in total. The summed E-state index contributed by atoms with van der Waals surface area (Å²) in [6.07, 6.45) is 7.77. The first-order valence-electron chi connectivity index (χ1n) is 19.1. The molecule has 0 aromatic heterocycles. The van der Waals surface area contributed by atoms with Crippen LogP contribution >= 0.6 is 0 Å². The fraction of sp³-hybridized carbons (Fsp3) is 0.535. The molecule has 0 spiro atoms. The van der Waals surface area contributed by atoms with E-state index in [4.69, 9.17) is 14.7 Å². The van der Waals surface area contributed by atoms with Gasteiger partial charge in [-0.3, -0.25) is 19.7 Å². The maximum atomic E-state index is 12.5. The van der Waals surface area contributed by atoms with Crippen LogP contribution in [-0.2, 0) is 32.2 Å². The summed E-state index contributed by atoms with van der Waals surface area (Å²) in [5.74, 6) is -0.364. The molecule has 2 amide bonds. The maximum Gasteiger partial charge on any atom is 0.243 e. The Kier molecular flexibility index (Phi) is 12.5. The van der Waals surface area contributed by atoms with Gasteiger partial charge in [-0.25, -0.2) is 5.48 Å². The van der Waals surface area contributed by atoms with Gasteiger partial charge < -0.3 is 19.9 Å². The lowest BCUT2D eigenvalue weighted by Crippen LogP contribution is -2.42. The van der Waals surface area contributed by atoms with E-state index in [2.05, 4.69) is 79.5 Å². The molecule has 3 aromatic rings. The van der Waals surface area contributed by atoms with Crippen molar-refractivity contribution in [1.82, 2.24) is 15.7 Å². The van der Waals surface area contributed by atoms with E-state index >= 15 is 0 Å². The highest BCUT2D eigenvalue weighted by atomic mass is 16.7. The molecule has 6 rings (SSSR count). The molecular formula is C43H57N3O6. The number of nitrogens with zero attached hydrogens (tertiary/aromatic N) is 1. The first-order chi connectivity index (χ1) is 25.0. The topological polar surface area (TPSA) is 120 Å². The quantitative estimate of drug-likeness (QED) is 0.0723. The molecule has 2 bridgehead atoms. The zero-order valence-corrected chi connectivity index (χ0v) is 31.1. The summed E-state index contributed by atoms with van der Waals surface area (Å²) in [6.45, 7) is 9.77. The van der Waals surface area contributed by atoms with Crippen LogP contribution < -0.4 is 10.8 Å². The molecule has 3 aromatic carbocycles. The Morgan fingerprint density at radius 2 is 1.54 bits per heavy atom. The van der Waals surface area contributed by atoms with Gasteiger partial charge in [0.1, 0.15) is 0 Å². The number of carbonyl (C=O) groups is 2. The minimum Gasteiger partial charge on any atom is -0.392 e. The van der Waals surface area contributed by atoms with E-state index in [0.717, 1.165) is 72.2 Å². The molecule has 2 unspecified atom stereocenters. The van der Waals surface area contributed by atoms with E-state index in [9.17, 15) is 14.7 Å². The fourth-order valence-electron chi connectivity index (χ4n) is 9.08. The van der Waals surface area contributed by atoms with Gasteiger partial charge in [-0.2, -0.15) is 0 Å². The number of unbranched alkanes of at least 4 members (excludes halogenated alkanes) is 3. The standard InChI is InChI=1S/C43H57N3O6/c1-42(2)23-36-24-43(3,28-42)29-46(36)26-37-22-38(32-18-16-30(27-47)17-19-32)52-41(51-37)35-13-9-12-34(21-35)33-11-8-10-31(20-33)25-44-39(48)14-6-4-5-7-15-40(49)45-50/h8-13,16-21,36-38,41,47,50H,4-7,14-15,22-29H2,1-3H3,(H,44,48)(H,45,49)/t36?,37-,38+,41+,43?/m1/s1. The maximum absolute atomic E-state index is 12.5. The van der Waals surface area contributed by atoms with Crippen molar-refractivity contribution in [2.75, 3.05) is 13.1 Å². The molecule has 280 valence electrons. The van der Waals surface area contributed by atoms with Crippen molar-refractivity contribution in [3.8, 4) is 11.1 Å². The molecule has 9 heteroatoms.